The summed E-state index contributed by atoms with van der Waals surface area (Å²) >= 11 is 0. The lowest BCUT2D eigenvalue weighted by Crippen LogP contribution is -3.12. The quantitative estimate of drug-likeness (QED) is 0.567. The number of benzene rings is 2. The van der Waals surface area contributed by atoms with Crippen molar-refractivity contribution in [2.75, 3.05) is 26.3 Å². The van der Waals surface area contributed by atoms with Gasteiger partial charge in [-0.25, -0.2) is 0 Å². The van der Waals surface area contributed by atoms with E-state index in [9.17, 15) is 0 Å². The monoisotopic (exact) mass is 377 g/mol. The third-order valence-electron chi connectivity index (χ3n) is 4.97. The summed E-state index contributed by atoms with van der Waals surface area (Å²) in [6.07, 6.45) is 9.48. The van der Waals surface area contributed by atoms with Crippen LogP contribution in [0.15, 0.2) is 53.5 Å². The van der Waals surface area contributed by atoms with E-state index in [1.165, 1.54) is 18.7 Å². The topological polar surface area (TPSA) is 35.3 Å². The molecule has 3 rings (SSSR count). The number of quaternary nitrogens is 1. The van der Waals surface area contributed by atoms with Crippen molar-refractivity contribution < 1.29 is 14.4 Å². The molecule has 4 heteroatoms. The van der Waals surface area contributed by atoms with E-state index in [2.05, 4.69) is 36.3 Å². The minimum Gasteiger partial charge on any atom is -0.490 e. The number of terminal acetylenes is 1. The highest BCUT2D eigenvalue weighted by Gasteiger charge is 2.21. The highest BCUT2D eigenvalue weighted by atomic mass is 16.5. The minimum atomic E-state index is 0.234. The molecule has 2 aromatic carbocycles. The second-order valence-corrected chi connectivity index (χ2v) is 7.05. The summed E-state index contributed by atoms with van der Waals surface area (Å²) in [6.45, 7) is 6.21. The molecule has 0 atom stereocenters. The van der Waals surface area contributed by atoms with Crippen molar-refractivity contribution in [2.24, 2.45) is 4.99 Å². The Bertz CT molecular complexity index is 803. The van der Waals surface area contributed by atoms with Gasteiger partial charge in [0.25, 0.3) is 0 Å². The van der Waals surface area contributed by atoms with Crippen LogP contribution in [0, 0.1) is 12.3 Å². The fourth-order valence-electron chi connectivity index (χ4n) is 3.52. The highest BCUT2D eigenvalue weighted by molar-refractivity contribution is 5.81. The second kappa shape index (κ2) is 10.5. The summed E-state index contributed by atoms with van der Waals surface area (Å²) in [6, 6.07) is 17.0. The third kappa shape index (κ3) is 5.87. The first-order valence-corrected chi connectivity index (χ1v) is 10.0. The Morgan fingerprint density at radius 2 is 1.89 bits per heavy atom. The molecular formula is C24H29N2O2+. The van der Waals surface area contributed by atoms with Gasteiger partial charge in [0.1, 0.15) is 13.2 Å². The molecule has 1 aliphatic heterocycles. The van der Waals surface area contributed by atoms with Crippen LogP contribution in [0.25, 0.3) is 0 Å². The van der Waals surface area contributed by atoms with Crippen LogP contribution in [0.4, 0.5) is 0 Å². The Morgan fingerprint density at radius 1 is 1.11 bits per heavy atom. The summed E-state index contributed by atoms with van der Waals surface area (Å²) in [7, 11) is 0. The summed E-state index contributed by atoms with van der Waals surface area (Å²) in [4.78, 5) is 6.47. The van der Waals surface area contributed by atoms with E-state index >= 15 is 0 Å². The minimum absolute atomic E-state index is 0.234. The van der Waals surface area contributed by atoms with Gasteiger partial charge in [0.05, 0.1) is 25.7 Å². The van der Waals surface area contributed by atoms with Crippen molar-refractivity contribution in [3.05, 3.63) is 59.7 Å². The first-order chi connectivity index (χ1) is 13.8. The standard InChI is InChI=1S/C24H28N2O2/c1-3-16-28-23-11-10-21(17-24(23)27-4-2)18-25-22-12-14-26(15-13-22)19-20-8-6-5-7-9-20/h1,5-11,17-18,22H,4,12-16,19H2,2H3/p+1. The number of nitrogens with one attached hydrogen (secondary N) is 1. The van der Waals surface area contributed by atoms with Gasteiger partial charge < -0.3 is 14.4 Å². The average Bonchev–Trinajstić information content (AvgIpc) is 2.73. The Labute approximate surface area is 168 Å². The first-order valence-electron chi connectivity index (χ1n) is 10.0. The van der Waals surface area contributed by atoms with Crippen LogP contribution in [0.3, 0.4) is 0 Å². The number of hydrogen-bond donors (Lipinski definition) is 1. The molecule has 1 aliphatic rings. The molecule has 0 aromatic heterocycles. The van der Waals surface area contributed by atoms with Crippen LogP contribution in [0.2, 0.25) is 0 Å². The van der Waals surface area contributed by atoms with Gasteiger partial charge in [0.15, 0.2) is 11.5 Å². The smallest absolute Gasteiger partial charge is 0.162 e. The van der Waals surface area contributed by atoms with Crippen molar-refractivity contribution in [3.63, 3.8) is 0 Å². The van der Waals surface area contributed by atoms with E-state index < -0.39 is 0 Å². The van der Waals surface area contributed by atoms with E-state index in [0.717, 1.165) is 24.9 Å². The summed E-state index contributed by atoms with van der Waals surface area (Å²) in [5.74, 6) is 3.87. The number of rotatable bonds is 8. The van der Waals surface area contributed by atoms with Gasteiger partial charge in [-0.3, -0.25) is 4.99 Å². The van der Waals surface area contributed by atoms with Crippen molar-refractivity contribution in [1.29, 1.82) is 0 Å². The Balaban J connectivity index is 1.54. The molecule has 0 bridgehead atoms. The fourth-order valence-corrected chi connectivity index (χ4v) is 3.52. The molecule has 146 valence electrons. The predicted molar refractivity (Wildman–Crippen MR) is 113 cm³/mol. The van der Waals surface area contributed by atoms with Gasteiger partial charge >= 0.3 is 0 Å². The largest absolute Gasteiger partial charge is 0.490 e. The maximum Gasteiger partial charge on any atom is 0.162 e. The Hall–Kier alpha value is -2.77. The molecule has 28 heavy (non-hydrogen) atoms. The molecule has 1 N–H and O–H groups in total. The van der Waals surface area contributed by atoms with E-state index in [1.807, 2.05) is 31.3 Å². The van der Waals surface area contributed by atoms with Gasteiger partial charge in [0.2, 0.25) is 0 Å². The third-order valence-corrected chi connectivity index (χ3v) is 4.97. The summed E-state index contributed by atoms with van der Waals surface area (Å²) in [5.41, 5.74) is 2.44. The molecule has 0 amide bonds. The second-order valence-electron chi connectivity index (χ2n) is 7.05. The average molecular weight is 378 g/mol. The van der Waals surface area contributed by atoms with Crippen LogP contribution in [0.1, 0.15) is 30.9 Å². The number of ether oxygens (including phenoxy) is 2. The Morgan fingerprint density at radius 3 is 2.61 bits per heavy atom. The van der Waals surface area contributed by atoms with Crippen molar-refractivity contribution in [2.45, 2.75) is 32.4 Å². The molecule has 1 fully saturated rings. The molecular weight excluding hydrogens is 348 g/mol. The zero-order valence-electron chi connectivity index (χ0n) is 16.6. The molecule has 0 saturated carbocycles. The highest BCUT2D eigenvalue weighted by Crippen LogP contribution is 2.28. The summed E-state index contributed by atoms with van der Waals surface area (Å²) < 4.78 is 11.2. The molecule has 0 radical (unpaired) electrons. The van der Waals surface area contributed by atoms with Crippen LogP contribution in [0.5, 0.6) is 11.5 Å². The summed E-state index contributed by atoms with van der Waals surface area (Å²) in [5, 5.41) is 0. The number of likely N-dealkylation sites (tertiary alicyclic amines) is 1. The zero-order valence-corrected chi connectivity index (χ0v) is 16.6. The molecule has 1 saturated heterocycles. The van der Waals surface area contributed by atoms with Gasteiger partial charge in [0, 0.05) is 24.6 Å². The zero-order chi connectivity index (χ0) is 19.6. The number of piperidine rings is 1. The van der Waals surface area contributed by atoms with Crippen LogP contribution in [-0.2, 0) is 6.54 Å². The molecule has 0 aliphatic carbocycles. The van der Waals surface area contributed by atoms with E-state index in [1.54, 1.807) is 4.90 Å². The lowest BCUT2D eigenvalue weighted by molar-refractivity contribution is -0.918. The number of nitrogens with zero attached hydrogens (tertiary/aromatic N) is 1. The lowest BCUT2D eigenvalue weighted by atomic mass is 10.0. The lowest BCUT2D eigenvalue weighted by Gasteiger charge is -2.27. The Kier molecular flexibility index (Phi) is 7.52. The van der Waals surface area contributed by atoms with Crippen molar-refractivity contribution in [1.82, 2.24) is 0 Å². The fraction of sp³-hybridized carbons (Fsp3) is 0.375. The first kappa shape index (κ1) is 20.0. The normalized spacial score (nSPS) is 19.3. The van der Waals surface area contributed by atoms with Crippen LogP contribution in [-0.4, -0.2) is 38.6 Å². The van der Waals surface area contributed by atoms with Crippen molar-refractivity contribution >= 4 is 6.21 Å². The molecule has 4 nitrogen and oxygen atoms in total. The molecule has 0 spiro atoms. The molecule has 1 heterocycles. The van der Waals surface area contributed by atoms with Crippen LogP contribution < -0.4 is 14.4 Å². The number of aliphatic imine (C=N–C) groups is 1. The van der Waals surface area contributed by atoms with Crippen LogP contribution >= 0.6 is 0 Å². The maximum absolute atomic E-state index is 5.68. The van der Waals surface area contributed by atoms with E-state index in [-0.39, 0.29) is 6.61 Å². The molecule has 2 aromatic rings. The van der Waals surface area contributed by atoms with Gasteiger partial charge in [-0.05, 0) is 30.7 Å². The van der Waals surface area contributed by atoms with Gasteiger partial charge in [-0.15, -0.1) is 6.42 Å². The van der Waals surface area contributed by atoms with E-state index in [4.69, 9.17) is 20.9 Å². The van der Waals surface area contributed by atoms with Crippen molar-refractivity contribution in [3.8, 4) is 23.8 Å². The SMILES string of the molecule is C#CCOc1ccc(C=NC2CC[NH+](Cc3ccccc3)CC2)cc1OCC. The maximum atomic E-state index is 5.68. The van der Waals surface area contributed by atoms with Gasteiger partial charge in [-0.1, -0.05) is 36.3 Å². The van der Waals surface area contributed by atoms with Gasteiger partial charge in [-0.2, -0.15) is 0 Å². The van der Waals surface area contributed by atoms with E-state index in [0.29, 0.717) is 24.1 Å². The molecule has 0 unspecified atom stereocenters. The number of hydrogen-bond acceptors (Lipinski definition) is 3. The predicted octanol–water partition coefficient (Wildman–Crippen LogP) is 2.76.